The van der Waals surface area contributed by atoms with Crippen molar-refractivity contribution in [2.45, 2.75) is 51.1 Å². The first kappa shape index (κ1) is 31.3. The van der Waals surface area contributed by atoms with Crippen LogP contribution >= 0.6 is 11.6 Å². The van der Waals surface area contributed by atoms with E-state index in [2.05, 4.69) is 33.5 Å². The molecule has 3 heterocycles. The highest BCUT2D eigenvalue weighted by Crippen LogP contribution is 2.44. The standard InChI is InChI=1S/C35H40ClFN4O4/c1-22(19-42)17-41-30-15-24(34(43)44)7-10-29(30)38-32(41)18-40-13-11-23(12-14-40)26-5-4-6-31-33(26)39(3)20-35(2,21-45-31)27-9-8-25(36)16-28(27)37/h4-10,15-16,22-23,42H,11-14,17-21H2,1-3H3,(H,43,44)/t22-,35?/m0/s1. The Bertz CT molecular complexity index is 1720. The van der Waals surface area contributed by atoms with Crippen molar-refractivity contribution in [3.05, 3.63) is 88.0 Å². The van der Waals surface area contributed by atoms with Gasteiger partial charge in [0.1, 0.15) is 17.4 Å². The Morgan fingerprint density at radius 1 is 1.18 bits per heavy atom. The predicted octanol–water partition coefficient (Wildman–Crippen LogP) is 6.32. The van der Waals surface area contributed by atoms with Crippen molar-refractivity contribution in [2.24, 2.45) is 5.92 Å². The monoisotopic (exact) mass is 634 g/mol. The second-order valence-corrected chi connectivity index (χ2v) is 13.4. The highest BCUT2D eigenvalue weighted by molar-refractivity contribution is 6.30. The summed E-state index contributed by atoms with van der Waals surface area (Å²) >= 11 is 6.05. The number of rotatable bonds is 8. The number of likely N-dealkylation sites (N-methyl/N-ethyl adjacent to an activating group) is 1. The smallest absolute Gasteiger partial charge is 0.335 e. The molecule has 2 atom stereocenters. The number of hydrogen-bond acceptors (Lipinski definition) is 6. The Balaban J connectivity index is 1.20. The molecule has 3 aromatic carbocycles. The van der Waals surface area contributed by atoms with Gasteiger partial charge >= 0.3 is 5.97 Å². The summed E-state index contributed by atoms with van der Waals surface area (Å²) in [6.45, 7) is 7.96. The molecule has 0 saturated carbocycles. The Morgan fingerprint density at radius 3 is 2.67 bits per heavy atom. The molecule has 1 fully saturated rings. The van der Waals surface area contributed by atoms with Gasteiger partial charge in [-0.05, 0) is 85.3 Å². The van der Waals surface area contributed by atoms with E-state index >= 15 is 4.39 Å². The number of aromatic carboxylic acids is 1. The lowest BCUT2D eigenvalue weighted by Gasteiger charge is -2.35. The van der Waals surface area contributed by atoms with Crippen molar-refractivity contribution in [2.75, 3.05) is 44.8 Å². The molecule has 45 heavy (non-hydrogen) atoms. The van der Waals surface area contributed by atoms with E-state index in [1.54, 1.807) is 30.3 Å². The van der Waals surface area contributed by atoms with Crippen molar-refractivity contribution >= 4 is 34.3 Å². The van der Waals surface area contributed by atoms with Gasteiger partial charge in [0.25, 0.3) is 0 Å². The SMILES string of the molecule is C[C@H](CO)Cn1c(CN2CCC(c3cccc4c3N(C)CC(C)(c3ccc(Cl)cc3F)CO4)CC2)nc2ccc(C(=O)O)cc21. The average Bonchev–Trinajstić information content (AvgIpc) is 3.28. The number of piperidine rings is 1. The van der Waals surface area contributed by atoms with Gasteiger partial charge in [-0.2, -0.15) is 0 Å². The molecular formula is C35H40ClFN4O4. The number of ether oxygens (including phenoxy) is 1. The molecule has 1 aromatic heterocycles. The molecule has 8 nitrogen and oxygen atoms in total. The summed E-state index contributed by atoms with van der Waals surface area (Å²) in [5.74, 6) is 0.753. The minimum Gasteiger partial charge on any atom is -0.490 e. The van der Waals surface area contributed by atoms with Crippen LogP contribution in [0, 0.1) is 11.7 Å². The molecule has 1 unspecified atom stereocenters. The number of likely N-dealkylation sites (tertiary alicyclic amines) is 1. The Kier molecular flexibility index (Phi) is 8.78. The summed E-state index contributed by atoms with van der Waals surface area (Å²) in [4.78, 5) is 21.2. The molecule has 0 spiro atoms. The quantitative estimate of drug-likeness (QED) is 0.234. The van der Waals surface area contributed by atoms with Crippen molar-refractivity contribution in [1.82, 2.24) is 14.5 Å². The number of carboxylic acids is 1. The lowest BCUT2D eigenvalue weighted by Crippen LogP contribution is -2.40. The molecule has 0 amide bonds. The summed E-state index contributed by atoms with van der Waals surface area (Å²) < 4.78 is 23.5. The van der Waals surface area contributed by atoms with Crippen LogP contribution in [0.2, 0.25) is 5.02 Å². The number of hydrogen-bond donors (Lipinski definition) is 2. The lowest BCUT2D eigenvalue weighted by atomic mass is 9.82. The molecule has 2 aliphatic heterocycles. The van der Waals surface area contributed by atoms with Gasteiger partial charge < -0.3 is 24.4 Å². The third kappa shape index (κ3) is 6.26. The van der Waals surface area contributed by atoms with E-state index in [1.165, 1.54) is 11.6 Å². The fourth-order valence-corrected chi connectivity index (χ4v) is 7.18. The van der Waals surface area contributed by atoms with Crippen LogP contribution in [-0.2, 0) is 18.5 Å². The molecule has 238 valence electrons. The van der Waals surface area contributed by atoms with E-state index in [4.69, 9.17) is 21.3 Å². The van der Waals surface area contributed by atoms with Crippen molar-refractivity contribution in [1.29, 1.82) is 0 Å². The van der Waals surface area contributed by atoms with Gasteiger partial charge in [0.2, 0.25) is 0 Å². The maximum atomic E-state index is 15.0. The zero-order valence-electron chi connectivity index (χ0n) is 26.0. The summed E-state index contributed by atoms with van der Waals surface area (Å²) in [5, 5.41) is 19.7. The van der Waals surface area contributed by atoms with Crippen molar-refractivity contribution in [3.8, 4) is 5.75 Å². The lowest BCUT2D eigenvalue weighted by molar-refractivity contribution is 0.0697. The number of carbonyl (C=O) groups is 1. The highest BCUT2D eigenvalue weighted by Gasteiger charge is 2.37. The van der Waals surface area contributed by atoms with Crippen LogP contribution in [0.4, 0.5) is 10.1 Å². The molecule has 2 aliphatic rings. The number of benzene rings is 3. The first-order valence-electron chi connectivity index (χ1n) is 15.5. The number of anilines is 1. The molecule has 10 heteroatoms. The summed E-state index contributed by atoms with van der Waals surface area (Å²) in [6, 6.07) is 16.2. The topological polar surface area (TPSA) is 91.1 Å². The van der Waals surface area contributed by atoms with Gasteiger partial charge in [-0.3, -0.25) is 4.90 Å². The summed E-state index contributed by atoms with van der Waals surface area (Å²) in [7, 11) is 2.06. The van der Waals surface area contributed by atoms with Gasteiger partial charge in [0.05, 0.1) is 35.4 Å². The summed E-state index contributed by atoms with van der Waals surface area (Å²) in [5.41, 5.74) is 4.12. The minimum absolute atomic E-state index is 0.00552. The Morgan fingerprint density at radius 2 is 1.96 bits per heavy atom. The molecule has 2 N–H and O–H groups in total. The van der Waals surface area contributed by atoms with E-state index in [0.717, 1.165) is 54.2 Å². The third-order valence-corrected chi connectivity index (χ3v) is 9.63. The van der Waals surface area contributed by atoms with Crippen LogP contribution in [-0.4, -0.2) is 70.5 Å². The fourth-order valence-electron chi connectivity index (χ4n) is 7.02. The van der Waals surface area contributed by atoms with E-state index in [0.29, 0.717) is 42.7 Å². The largest absolute Gasteiger partial charge is 0.490 e. The molecular weight excluding hydrogens is 595 g/mol. The van der Waals surface area contributed by atoms with E-state index in [1.807, 2.05) is 19.9 Å². The Hall–Kier alpha value is -3.66. The van der Waals surface area contributed by atoms with Crippen molar-refractivity contribution in [3.63, 3.8) is 0 Å². The van der Waals surface area contributed by atoms with Crippen LogP contribution in [0.5, 0.6) is 5.75 Å². The molecule has 4 aromatic rings. The number of carboxylic acid groups (broad SMARTS) is 1. The average molecular weight is 635 g/mol. The third-order valence-electron chi connectivity index (χ3n) is 9.40. The number of aromatic nitrogens is 2. The first-order chi connectivity index (χ1) is 21.6. The van der Waals surface area contributed by atoms with Crippen LogP contribution in [0.1, 0.15) is 59.9 Å². The number of aliphatic hydroxyl groups excluding tert-OH is 1. The number of para-hydroxylation sites is 1. The zero-order chi connectivity index (χ0) is 31.9. The van der Waals surface area contributed by atoms with Crippen LogP contribution in [0.15, 0.2) is 54.6 Å². The number of aliphatic hydroxyl groups is 1. The minimum atomic E-state index is -0.972. The van der Waals surface area contributed by atoms with Crippen LogP contribution in [0.25, 0.3) is 11.0 Å². The molecule has 6 rings (SSSR count). The number of halogens is 2. The molecule has 1 saturated heterocycles. The van der Waals surface area contributed by atoms with Crippen LogP contribution in [0.3, 0.4) is 0 Å². The zero-order valence-corrected chi connectivity index (χ0v) is 26.7. The van der Waals surface area contributed by atoms with Gasteiger partial charge in [0, 0.05) is 37.2 Å². The van der Waals surface area contributed by atoms with Gasteiger partial charge in [-0.15, -0.1) is 0 Å². The predicted molar refractivity (Wildman–Crippen MR) is 174 cm³/mol. The fraction of sp³-hybridized carbons (Fsp3) is 0.429. The maximum absolute atomic E-state index is 15.0. The highest BCUT2D eigenvalue weighted by atomic mass is 35.5. The normalized spacial score (nSPS) is 20.1. The van der Waals surface area contributed by atoms with E-state index < -0.39 is 11.4 Å². The summed E-state index contributed by atoms with van der Waals surface area (Å²) in [6.07, 6.45) is 1.92. The molecule has 0 radical (unpaired) electrons. The van der Waals surface area contributed by atoms with Gasteiger partial charge in [-0.1, -0.05) is 43.6 Å². The van der Waals surface area contributed by atoms with Crippen LogP contribution < -0.4 is 9.64 Å². The van der Waals surface area contributed by atoms with E-state index in [9.17, 15) is 15.0 Å². The second-order valence-electron chi connectivity index (χ2n) is 13.0. The van der Waals surface area contributed by atoms with Gasteiger partial charge in [0.15, 0.2) is 0 Å². The molecule has 0 aliphatic carbocycles. The van der Waals surface area contributed by atoms with E-state index in [-0.39, 0.29) is 23.9 Å². The van der Waals surface area contributed by atoms with Gasteiger partial charge in [-0.25, -0.2) is 14.2 Å². The van der Waals surface area contributed by atoms with Crippen molar-refractivity contribution < 1.29 is 24.1 Å². The maximum Gasteiger partial charge on any atom is 0.335 e. The number of fused-ring (bicyclic) bond motifs is 2. The second kappa shape index (κ2) is 12.6. The Labute approximate surface area is 268 Å². The molecule has 0 bridgehead atoms. The first-order valence-corrected chi connectivity index (χ1v) is 15.9. The number of imidazole rings is 1. The number of nitrogens with zero attached hydrogens (tertiary/aromatic N) is 4.